The molecule has 0 aliphatic rings. The van der Waals surface area contributed by atoms with Crippen LogP contribution in [-0.2, 0) is 0 Å². The number of hydrogen-bond donors (Lipinski definition) is 0. The van der Waals surface area contributed by atoms with Gasteiger partial charge in [-0.1, -0.05) is 36.4 Å². The van der Waals surface area contributed by atoms with Crippen molar-refractivity contribution in [1.82, 2.24) is 0 Å². The molecule has 0 saturated heterocycles. The summed E-state index contributed by atoms with van der Waals surface area (Å²) in [5.74, 6) is 0.990. The highest BCUT2D eigenvalue weighted by atomic mass is 16.5. The van der Waals surface area contributed by atoms with E-state index in [1.54, 1.807) is 25.3 Å². The lowest BCUT2D eigenvalue weighted by Gasteiger charge is -2.06. The normalized spacial score (nSPS) is 9.89. The lowest BCUT2D eigenvalue weighted by molar-refractivity contribution is 0.411. The van der Waals surface area contributed by atoms with E-state index in [1.807, 2.05) is 30.3 Å². The van der Waals surface area contributed by atoms with Crippen molar-refractivity contribution in [2.75, 3.05) is 14.2 Å². The van der Waals surface area contributed by atoms with Crippen LogP contribution in [0.2, 0.25) is 0 Å². The summed E-state index contributed by atoms with van der Waals surface area (Å²) in [5, 5.41) is 0. The molecule has 0 unspecified atom stereocenters. The molecule has 0 aliphatic heterocycles. The lowest BCUT2D eigenvalue weighted by atomic mass is 10.1. The first kappa shape index (κ1) is 12.2. The first-order valence-electron chi connectivity index (χ1n) is 5.58. The number of rotatable bonds is 3. The van der Waals surface area contributed by atoms with Gasteiger partial charge in [-0.25, -0.2) is 0 Å². The Kier molecular flexibility index (Phi) is 3.63. The molecule has 2 aromatic rings. The molecule has 0 atom stereocenters. The van der Waals surface area contributed by atoms with E-state index in [0.717, 1.165) is 5.56 Å². The summed E-state index contributed by atoms with van der Waals surface area (Å²) < 4.78 is 10.4. The highest BCUT2D eigenvalue weighted by molar-refractivity contribution is 5.70. The zero-order valence-electron chi connectivity index (χ0n) is 10.3. The summed E-state index contributed by atoms with van der Waals surface area (Å²) in [4.78, 5) is 12.3. The van der Waals surface area contributed by atoms with E-state index in [-0.39, 0.29) is 5.43 Å². The molecule has 0 aromatic heterocycles. The molecule has 0 fully saturated rings. The SMILES string of the molecule is COc1ccccc1-c1ccccc(OC)c1=O. The molecule has 0 saturated carbocycles. The first-order valence-corrected chi connectivity index (χ1v) is 5.58. The fourth-order valence-electron chi connectivity index (χ4n) is 1.82. The fourth-order valence-corrected chi connectivity index (χ4v) is 1.82. The summed E-state index contributed by atoms with van der Waals surface area (Å²) in [6.45, 7) is 0. The Balaban J connectivity index is 2.72. The average Bonchev–Trinajstić information content (AvgIpc) is 2.60. The van der Waals surface area contributed by atoms with Crippen LogP contribution in [0.1, 0.15) is 0 Å². The zero-order chi connectivity index (χ0) is 13.0. The fraction of sp³-hybridized carbons (Fsp3) is 0.133. The second kappa shape index (κ2) is 5.36. The second-order valence-electron chi connectivity index (χ2n) is 3.73. The predicted octanol–water partition coefficient (Wildman–Crippen LogP) is 2.73. The van der Waals surface area contributed by atoms with Crippen molar-refractivity contribution < 1.29 is 9.47 Å². The Morgan fingerprint density at radius 2 is 1.22 bits per heavy atom. The van der Waals surface area contributed by atoms with E-state index >= 15 is 0 Å². The van der Waals surface area contributed by atoms with Gasteiger partial charge >= 0.3 is 0 Å². The Hall–Kier alpha value is -2.29. The smallest absolute Gasteiger partial charge is 0.228 e. The lowest BCUT2D eigenvalue weighted by Crippen LogP contribution is -2.05. The molecule has 18 heavy (non-hydrogen) atoms. The topological polar surface area (TPSA) is 35.5 Å². The first-order chi connectivity index (χ1) is 8.77. The van der Waals surface area contributed by atoms with Crippen LogP contribution in [0.15, 0.2) is 53.3 Å². The van der Waals surface area contributed by atoms with Crippen molar-refractivity contribution in [2.45, 2.75) is 0 Å². The van der Waals surface area contributed by atoms with Gasteiger partial charge in [0.1, 0.15) is 5.75 Å². The van der Waals surface area contributed by atoms with Crippen LogP contribution in [0.4, 0.5) is 0 Å². The average molecular weight is 242 g/mol. The Morgan fingerprint density at radius 1 is 0.722 bits per heavy atom. The number of ether oxygens (including phenoxy) is 2. The molecule has 0 aliphatic carbocycles. The molecule has 3 nitrogen and oxygen atoms in total. The van der Waals surface area contributed by atoms with Gasteiger partial charge in [-0.3, -0.25) is 4.79 Å². The van der Waals surface area contributed by atoms with Gasteiger partial charge < -0.3 is 9.47 Å². The van der Waals surface area contributed by atoms with Crippen LogP contribution >= 0.6 is 0 Å². The maximum Gasteiger partial charge on any atom is 0.228 e. The number of para-hydroxylation sites is 1. The van der Waals surface area contributed by atoms with Gasteiger partial charge in [0.2, 0.25) is 5.43 Å². The van der Waals surface area contributed by atoms with Gasteiger partial charge in [0.15, 0.2) is 5.75 Å². The Labute approximate surface area is 106 Å². The number of methoxy groups -OCH3 is 2. The Morgan fingerprint density at radius 3 is 1.83 bits per heavy atom. The van der Waals surface area contributed by atoms with E-state index in [0.29, 0.717) is 17.1 Å². The molecular weight excluding hydrogens is 228 g/mol. The van der Waals surface area contributed by atoms with Crippen LogP contribution < -0.4 is 14.9 Å². The van der Waals surface area contributed by atoms with Crippen LogP contribution in [0.3, 0.4) is 0 Å². The van der Waals surface area contributed by atoms with Crippen molar-refractivity contribution in [2.24, 2.45) is 0 Å². The highest BCUT2D eigenvalue weighted by Gasteiger charge is 2.10. The minimum atomic E-state index is -0.146. The van der Waals surface area contributed by atoms with Crippen molar-refractivity contribution in [3.05, 3.63) is 58.8 Å². The summed E-state index contributed by atoms with van der Waals surface area (Å²) in [6, 6.07) is 14.4. The van der Waals surface area contributed by atoms with E-state index in [4.69, 9.17) is 9.47 Å². The quantitative estimate of drug-likeness (QED) is 0.830. The predicted molar refractivity (Wildman–Crippen MR) is 71.3 cm³/mol. The van der Waals surface area contributed by atoms with Crippen molar-refractivity contribution in [1.29, 1.82) is 0 Å². The van der Waals surface area contributed by atoms with Gasteiger partial charge in [-0.15, -0.1) is 0 Å². The second-order valence-corrected chi connectivity index (χ2v) is 3.73. The van der Waals surface area contributed by atoms with Gasteiger partial charge in [-0.2, -0.15) is 0 Å². The van der Waals surface area contributed by atoms with Gasteiger partial charge in [0.05, 0.1) is 14.2 Å². The third-order valence-electron chi connectivity index (χ3n) is 2.71. The minimum absolute atomic E-state index is 0.146. The monoisotopic (exact) mass is 242 g/mol. The van der Waals surface area contributed by atoms with Crippen molar-refractivity contribution in [3.63, 3.8) is 0 Å². The molecule has 2 rings (SSSR count). The molecule has 0 radical (unpaired) electrons. The molecule has 0 bridgehead atoms. The maximum absolute atomic E-state index is 12.3. The highest BCUT2D eigenvalue weighted by Crippen LogP contribution is 2.27. The molecule has 0 amide bonds. The molecule has 0 spiro atoms. The standard InChI is InChI=1S/C15H14O3/c1-17-13-9-5-3-7-11(13)12-8-4-6-10-14(18-2)15(12)16/h3-10H,1-2H3. The van der Waals surface area contributed by atoms with E-state index < -0.39 is 0 Å². The molecule has 2 aromatic carbocycles. The largest absolute Gasteiger partial charge is 0.496 e. The summed E-state index contributed by atoms with van der Waals surface area (Å²) >= 11 is 0. The molecular formula is C15H14O3. The zero-order valence-corrected chi connectivity index (χ0v) is 10.3. The maximum atomic E-state index is 12.3. The van der Waals surface area contributed by atoms with E-state index in [9.17, 15) is 4.79 Å². The summed E-state index contributed by atoms with van der Waals surface area (Å²) in [6.07, 6.45) is 0. The summed E-state index contributed by atoms with van der Waals surface area (Å²) in [7, 11) is 3.08. The van der Waals surface area contributed by atoms with E-state index in [2.05, 4.69) is 0 Å². The summed E-state index contributed by atoms with van der Waals surface area (Å²) in [5.41, 5.74) is 1.18. The van der Waals surface area contributed by atoms with Crippen LogP contribution in [0, 0.1) is 0 Å². The molecule has 92 valence electrons. The molecule has 3 heteroatoms. The van der Waals surface area contributed by atoms with Crippen molar-refractivity contribution >= 4 is 0 Å². The van der Waals surface area contributed by atoms with Crippen LogP contribution in [-0.4, -0.2) is 14.2 Å². The van der Waals surface area contributed by atoms with E-state index in [1.165, 1.54) is 7.11 Å². The van der Waals surface area contributed by atoms with Crippen LogP contribution in [0.5, 0.6) is 11.5 Å². The molecule has 0 heterocycles. The Bertz CT molecular complexity index is 606. The third-order valence-corrected chi connectivity index (χ3v) is 2.71. The number of benzene rings is 1. The van der Waals surface area contributed by atoms with Crippen LogP contribution in [0.25, 0.3) is 11.1 Å². The van der Waals surface area contributed by atoms with Gasteiger partial charge in [0, 0.05) is 11.1 Å². The third kappa shape index (κ3) is 2.20. The minimum Gasteiger partial charge on any atom is -0.496 e. The van der Waals surface area contributed by atoms with Gasteiger partial charge in [-0.05, 0) is 12.1 Å². The molecule has 0 N–H and O–H groups in total. The van der Waals surface area contributed by atoms with Gasteiger partial charge in [0.25, 0.3) is 0 Å². The van der Waals surface area contributed by atoms with Crippen molar-refractivity contribution in [3.8, 4) is 22.6 Å². The number of hydrogen-bond acceptors (Lipinski definition) is 3.